The van der Waals surface area contributed by atoms with Gasteiger partial charge in [-0.25, -0.2) is 9.18 Å². The molecule has 8 heteroatoms. The number of piperidine rings is 1. The summed E-state index contributed by atoms with van der Waals surface area (Å²) in [6.07, 6.45) is 9.35. The minimum absolute atomic E-state index is 0.0140. The van der Waals surface area contributed by atoms with E-state index in [9.17, 15) is 19.1 Å². The van der Waals surface area contributed by atoms with Gasteiger partial charge in [-0.3, -0.25) is 9.69 Å². The van der Waals surface area contributed by atoms with Gasteiger partial charge < -0.3 is 19.9 Å². The minimum Gasteiger partial charge on any atom is -0.496 e. The van der Waals surface area contributed by atoms with Crippen LogP contribution >= 0.6 is 0 Å². The summed E-state index contributed by atoms with van der Waals surface area (Å²) in [6, 6.07) is 18.8. The Kier molecular flexibility index (Phi) is 10.0. The van der Waals surface area contributed by atoms with Gasteiger partial charge in [-0.15, -0.1) is 0 Å². The molecule has 0 bridgehead atoms. The lowest BCUT2D eigenvalue weighted by Gasteiger charge is -2.44. The van der Waals surface area contributed by atoms with E-state index in [4.69, 9.17) is 9.47 Å². The molecule has 1 atom stereocenters. The molecule has 1 saturated heterocycles. The fraction of sp³-hybridized carbons (Fsp3) is 0.400. The molecule has 252 valence electrons. The summed E-state index contributed by atoms with van der Waals surface area (Å²) in [5.74, 6) is -1.20. The van der Waals surface area contributed by atoms with E-state index in [1.54, 1.807) is 27.2 Å². The Morgan fingerprint density at radius 1 is 0.875 bits per heavy atom. The fourth-order valence-electron chi connectivity index (χ4n) is 7.96. The van der Waals surface area contributed by atoms with Crippen molar-refractivity contribution >= 4 is 22.6 Å². The molecule has 1 spiro atoms. The van der Waals surface area contributed by atoms with Crippen molar-refractivity contribution in [3.05, 3.63) is 94.8 Å². The second kappa shape index (κ2) is 14.4. The lowest BCUT2D eigenvalue weighted by atomic mass is 9.68. The molecule has 2 fully saturated rings. The number of rotatable bonds is 10. The molecule has 48 heavy (non-hydrogen) atoms. The van der Waals surface area contributed by atoms with Crippen LogP contribution in [0, 0.1) is 18.2 Å². The van der Waals surface area contributed by atoms with E-state index in [1.807, 2.05) is 42.5 Å². The van der Waals surface area contributed by atoms with Crippen molar-refractivity contribution in [2.45, 2.75) is 70.9 Å². The molecule has 1 saturated carbocycles. The summed E-state index contributed by atoms with van der Waals surface area (Å²) in [4.78, 5) is 28.0. The van der Waals surface area contributed by atoms with E-state index in [0.29, 0.717) is 16.7 Å². The first-order valence-corrected chi connectivity index (χ1v) is 17.0. The number of aliphatic carboxylic acids is 1. The number of nitrogens with one attached hydrogen (secondary N) is 1. The largest absolute Gasteiger partial charge is 0.496 e. The Bertz CT molecular complexity index is 1790. The maximum atomic E-state index is 14.5. The SMILES string of the molecule is COc1ccc(CN2CCC3(CCCCC3)CC2)c(OC)c1-c1cccc2c(C[C@H](NC(=O)c3c(C)cccc3F)C(=O)O)cccc12. The van der Waals surface area contributed by atoms with Gasteiger partial charge in [-0.05, 0) is 90.7 Å². The number of benzene rings is 4. The zero-order valence-corrected chi connectivity index (χ0v) is 28.1. The van der Waals surface area contributed by atoms with E-state index in [2.05, 4.69) is 16.3 Å². The fourth-order valence-corrected chi connectivity index (χ4v) is 7.96. The van der Waals surface area contributed by atoms with Gasteiger partial charge in [-0.1, -0.05) is 73.9 Å². The standard InChI is InChI=1S/C40H45FN2O5/c1-26-10-7-15-32(41)35(26)38(44)42-33(39(45)46)24-27-11-8-13-30-29(27)12-9-14-31(30)36-34(47-2)17-16-28(37(36)48-3)25-43-22-20-40(21-23-43)18-5-4-6-19-40/h7-17,33H,4-6,18-25H2,1-3H3,(H,42,44)(H,45,46)/t33-/m0/s1. The van der Waals surface area contributed by atoms with E-state index < -0.39 is 23.7 Å². The third-order valence-electron chi connectivity index (χ3n) is 10.6. The molecule has 4 aromatic rings. The molecular weight excluding hydrogens is 607 g/mol. The van der Waals surface area contributed by atoms with Crippen LogP contribution in [0.4, 0.5) is 4.39 Å². The summed E-state index contributed by atoms with van der Waals surface area (Å²) < 4.78 is 26.6. The predicted octanol–water partition coefficient (Wildman–Crippen LogP) is 7.94. The first-order chi connectivity index (χ1) is 23.2. The smallest absolute Gasteiger partial charge is 0.326 e. The number of hydrogen-bond donors (Lipinski definition) is 2. The number of ether oxygens (including phenoxy) is 2. The van der Waals surface area contributed by atoms with Crippen LogP contribution < -0.4 is 14.8 Å². The van der Waals surface area contributed by atoms with E-state index in [-0.39, 0.29) is 12.0 Å². The predicted molar refractivity (Wildman–Crippen MR) is 186 cm³/mol. The van der Waals surface area contributed by atoms with Crippen molar-refractivity contribution in [3.8, 4) is 22.6 Å². The van der Waals surface area contributed by atoms with Crippen LogP contribution in [0.1, 0.15) is 72.0 Å². The van der Waals surface area contributed by atoms with E-state index in [0.717, 1.165) is 58.4 Å². The third-order valence-corrected chi connectivity index (χ3v) is 10.6. The van der Waals surface area contributed by atoms with Crippen molar-refractivity contribution < 1.29 is 28.6 Å². The number of likely N-dealkylation sites (tertiary alicyclic amines) is 1. The summed E-state index contributed by atoms with van der Waals surface area (Å²) >= 11 is 0. The van der Waals surface area contributed by atoms with Crippen LogP contribution in [-0.4, -0.2) is 55.2 Å². The number of halogens is 1. The van der Waals surface area contributed by atoms with Gasteiger partial charge >= 0.3 is 5.97 Å². The Balaban J connectivity index is 1.31. The summed E-state index contributed by atoms with van der Waals surface area (Å²) in [5, 5.41) is 14.4. The van der Waals surface area contributed by atoms with Crippen LogP contribution in [0.3, 0.4) is 0 Å². The Morgan fingerprint density at radius 3 is 2.27 bits per heavy atom. The van der Waals surface area contributed by atoms with Crippen LogP contribution in [0.25, 0.3) is 21.9 Å². The Labute approximate surface area is 282 Å². The van der Waals surface area contributed by atoms with Crippen molar-refractivity contribution in [2.24, 2.45) is 5.41 Å². The lowest BCUT2D eigenvalue weighted by molar-refractivity contribution is -0.139. The van der Waals surface area contributed by atoms with Gasteiger partial charge in [0.1, 0.15) is 23.4 Å². The van der Waals surface area contributed by atoms with Crippen LogP contribution in [0.2, 0.25) is 0 Å². The maximum Gasteiger partial charge on any atom is 0.326 e. The molecule has 0 radical (unpaired) electrons. The normalized spacial score (nSPS) is 16.8. The monoisotopic (exact) mass is 652 g/mol. The number of carbonyl (C=O) groups excluding carboxylic acids is 1. The molecule has 4 aromatic carbocycles. The lowest BCUT2D eigenvalue weighted by Crippen LogP contribution is -2.42. The van der Waals surface area contributed by atoms with Crippen molar-refractivity contribution in [2.75, 3.05) is 27.3 Å². The average Bonchev–Trinajstić information content (AvgIpc) is 3.09. The highest BCUT2D eigenvalue weighted by molar-refractivity contribution is 6.02. The number of aryl methyl sites for hydroxylation is 1. The highest BCUT2D eigenvalue weighted by Crippen LogP contribution is 2.47. The van der Waals surface area contributed by atoms with E-state index in [1.165, 1.54) is 57.1 Å². The molecule has 1 aliphatic heterocycles. The highest BCUT2D eigenvalue weighted by atomic mass is 19.1. The van der Waals surface area contributed by atoms with Crippen molar-refractivity contribution in [3.63, 3.8) is 0 Å². The number of carboxylic acids is 1. The molecular formula is C40H45FN2O5. The second-order valence-corrected chi connectivity index (χ2v) is 13.5. The van der Waals surface area contributed by atoms with Gasteiger partial charge in [0.05, 0.1) is 25.3 Å². The number of fused-ring (bicyclic) bond motifs is 1. The number of amides is 1. The zero-order chi connectivity index (χ0) is 33.8. The summed E-state index contributed by atoms with van der Waals surface area (Å²) in [7, 11) is 3.35. The van der Waals surface area contributed by atoms with Crippen molar-refractivity contribution in [1.29, 1.82) is 0 Å². The van der Waals surface area contributed by atoms with Crippen LogP contribution in [0.5, 0.6) is 11.5 Å². The minimum atomic E-state index is -1.27. The molecule has 1 heterocycles. The summed E-state index contributed by atoms with van der Waals surface area (Å²) in [6.45, 7) is 4.57. The number of hydrogen-bond acceptors (Lipinski definition) is 5. The number of carboxylic acid groups (broad SMARTS) is 1. The topological polar surface area (TPSA) is 88.1 Å². The Hall–Kier alpha value is -4.43. The highest BCUT2D eigenvalue weighted by Gasteiger charge is 2.36. The third kappa shape index (κ3) is 6.76. The molecule has 1 aliphatic carbocycles. The van der Waals surface area contributed by atoms with Crippen LogP contribution in [0.15, 0.2) is 66.7 Å². The molecule has 6 rings (SSSR count). The molecule has 2 N–H and O–H groups in total. The zero-order valence-electron chi connectivity index (χ0n) is 28.1. The first-order valence-electron chi connectivity index (χ1n) is 17.0. The van der Waals surface area contributed by atoms with Gasteiger partial charge in [0.15, 0.2) is 0 Å². The molecule has 1 amide bonds. The second-order valence-electron chi connectivity index (χ2n) is 13.5. The number of carbonyl (C=O) groups is 2. The van der Waals surface area contributed by atoms with Gasteiger partial charge in [0.25, 0.3) is 5.91 Å². The first kappa shape index (κ1) is 33.5. The molecule has 0 unspecified atom stereocenters. The molecule has 7 nitrogen and oxygen atoms in total. The van der Waals surface area contributed by atoms with E-state index >= 15 is 0 Å². The molecule has 0 aromatic heterocycles. The van der Waals surface area contributed by atoms with Gasteiger partial charge in [0.2, 0.25) is 0 Å². The number of nitrogens with zero attached hydrogens (tertiary/aromatic N) is 1. The Morgan fingerprint density at radius 2 is 1.58 bits per heavy atom. The maximum absolute atomic E-state index is 14.5. The number of methoxy groups -OCH3 is 2. The van der Waals surface area contributed by atoms with Crippen LogP contribution in [-0.2, 0) is 17.8 Å². The summed E-state index contributed by atoms with van der Waals surface area (Å²) in [5.41, 5.74) is 4.40. The molecule has 2 aliphatic rings. The van der Waals surface area contributed by atoms with Gasteiger partial charge in [0, 0.05) is 18.5 Å². The quantitative estimate of drug-likeness (QED) is 0.181. The van der Waals surface area contributed by atoms with Crippen molar-refractivity contribution in [1.82, 2.24) is 10.2 Å². The average molecular weight is 653 g/mol. The van der Waals surface area contributed by atoms with Gasteiger partial charge in [-0.2, -0.15) is 0 Å².